The number of carbonyl (C=O) groups is 2. The van der Waals surface area contributed by atoms with Crippen molar-refractivity contribution in [2.45, 2.75) is 25.9 Å². The summed E-state index contributed by atoms with van der Waals surface area (Å²) >= 11 is 0. The normalized spacial score (nSPS) is 11.7. The van der Waals surface area contributed by atoms with Crippen LogP contribution in [0.1, 0.15) is 18.9 Å². The quantitative estimate of drug-likeness (QED) is 0.622. The molecule has 0 radical (unpaired) electrons. The van der Waals surface area contributed by atoms with Gasteiger partial charge in [0.1, 0.15) is 0 Å². The first-order chi connectivity index (χ1) is 9.02. The Morgan fingerprint density at radius 3 is 2.42 bits per heavy atom. The van der Waals surface area contributed by atoms with Crippen molar-refractivity contribution in [3.05, 3.63) is 29.8 Å². The van der Waals surface area contributed by atoms with Crippen molar-refractivity contribution in [2.75, 3.05) is 11.9 Å². The summed E-state index contributed by atoms with van der Waals surface area (Å²) in [5.41, 5.74) is 1.80. The lowest BCUT2D eigenvalue weighted by molar-refractivity contribution is -0.146. The molecule has 0 saturated heterocycles. The summed E-state index contributed by atoms with van der Waals surface area (Å²) in [6, 6.07) is 6.84. The minimum absolute atomic E-state index is 0.338. The third-order valence-electron chi connectivity index (χ3n) is 2.49. The van der Waals surface area contributed by atoms with E-state index in [0.717, 1.165) is 12.8 Å². The molecule has 4 N–H and O–H groups in total. The molecular weight excluding hydrogens is 248 g/mol. The largest absolute Gasteiger partial charge is 0.479 e. The highest BCUT2D eigenvalue weighted by Gasteiger charge is 2.13. The van der Waals surface area contributed by atoms with Gasteiger partial charge in [-0.3, -0.25) is 0 Å². The molecule has 1 unspecified atom stereocenters. The van der Waals surface area contributed by atoms with Crippen LogP contribution < -0.4 is 10.6 Å². The smallest absolute Gasteiger partial charge is 0.334 e. The molecule has 6 heteroatoms. The number of aliphatic hydroxyl groups excluding tert-OH is 1. The number of anilines is 1. The van der Waals surface area contributed by atoms with E-state index >= 15 is 0 Å². The van der Waals surface area contributed by atoms with E-state index in [1.54, 1.807) is 12.1 Å². The summed E-state index contributed by atoms with van der Waals surface area (Å²) in [5, 5.41) is 22.3. The lowest BCUT2D eigenvalue weighted by Gasteiger charge is -2.09. The van der Waals surface area contributed by atoms with E-state index in [9.17, 15) is 9.59 Å². The van der Waals surface area contributed by atoms with Crippen LogP contribution in [0.4, 0.5) is 10.5 Å². The maximum atomic E-state index is 11.4. The highest BCUT2D eigenvalue weighted by Crippen LogP contribution is 2.10. The van der Waals surface area contributed by atoms with E-state index in [-0.39, 0.29) is 6.54 Å². The third kappa shape index (κ3) is 5.39. The van der Waals surface area contributed by atoms with Crippen molar-refractivity contribution >= 4 is 17.7 Å². The Labute approximate surface area is 111 Å². The molecule has 0 spiro atoms. The van der Waals surface area contributed by atoms with Gasteiger partial charge in [-0.05, 0) is 24.1 Å². The van der Waals surface area contributed by atoms with E-state index in [2.05, 4.69) is 17.6 Å². The predicted molar refractivity (Wildman–Crippen MR) is 71.1 cm³/mol. The van der Waals surface area contributed by atoms with Crippen LogP contribution in [-0.2, 0) is 11.2 Å². The SMILES string of the molecule is CCCc1ccc(NC(=O)NCC(O)C(=O)O)cc1. The third-order valence-corrected chi connectivity index (χ3v) is 2.49. The van der Waals surface area contributed by atoms with E-state index in [1.807, 2.05) is 12.1 Å². The van der Waals surface area contributed by atoms with Gasteiger partial charge in [-0.25, -0.2) is 9.59 Å². The molecule has 1 aromatic carbocycles. The first kappa shape index (κ1) is 15.0. The molecule has 0 aliphatic rings. The average Bonchev–Trinajstić information content (AvgIpc) is 2.38. The molecule has 0 bridgehead atoms. The minimum atomic E-state index is -1.60. The molecule has 0 saturated carbocycles. The maximum Gasteiger partial charge on any atom is 0.334 e. The number of hydrogen-bond acceptors (Lipinski definition) is 3. The molecule has 1 atom stereocenters. The average molecular weight is 266 g/mol. The number of aliphatic carboxylic acids is 1. The number of aliphatic hydroxyl groups is 1. The number of urea groups is 1. The van der Waals surface area contributed by atoms with Gasteiger partial charge in [0.25, 0.3) is 0 Å². The Morgan fingerprint density at radius 1 is 1.26 bits per heavy atom. The molecule has 0 fully saturated rings. The fraction of sp³-hybridized carbons (Fsp3) is 0.385. The van der Waals surface area contributed by atoms with Crippen LogP contribution in [0.2, 0.25) is 0 Å². The lowest BCUT2D eigenvalue weighted by Crippen LogP contribution is -2.38. The van der Waals surface area contributed by atoms with Crippen LogP contribution in [-0.4, -0.2) is 34.9 Å². The Hall–Kier alpha value is -2.08. The highest BCUT2D eigenvalue weighted by molar-refractivity contribution is 5.89. The first-order valence-corrected chi connectivity index (χ1v) is 6.07. The van der Waals surface area contributed by atoms with Gasteiger partial charge in [0.15, 0.2) is 6.10 Å². The van der Waals surface area contributed by atoms with E-state index in [4.69, 9.17) is 10.2 Å². The molecule has 6 nitrogen and oxygen atoms in total. The summed E-state index contributed by atoms with van der Waals surface area (Å²) < 4.78 is 0. The molecule has 1 rings (SSSR count). The second-order valence-corrected chi connectivity index (χ2v) is 4.14. The van der Waals surface area contributed by atoms with Gasteiger partial charge in [0, 0.05) is 5.69 Å². The summed E-state index contributed by atoms with van der Waals surface area (Å²) in [6.07, 6.45) is 0.440. The fourth-order valence-electron chi connectivity index (χ4n) is 1.50. The molecule has 104 valence electrons. The molecule has 0 aromatic heterocycles. The molecule has 2 amide bonds. The Balaban J connectivity index is 2.41. The molecule has 1 aromatic rings. The van der Waals surface area contributed by atoms with Crippen molar-refractivity contribution in [2.24, 2.45) is 0 Å². The zero-order chi connectivity index (χ0) is 14.3. The summed E-state index contributed by atoms with van der Waals surface area (Å²) in [7, 11) is 0. The lowest BCUT2D eigenvalue weighted by atomic mass is 10.1. The number of carboxylic acid groups (broad SMARTS) is 1. The number of rotatable bonds is 6. The topological polar surface area (TPSA) is 98.7 Å². The van der Waals surface area contributed by atoms with Gasteiger partial charge in [-0.15, -0.1) is 0 Å². The van der Waals surface area contributed by atoms with Crippen molar-refractivity contribution in [3.8, 4) is 0 Å². The van der Waals surface area contributed by atoms with Crippen LogP contribution >= 0.6 is 0 Å². The Bertz CT molecular complexity index is 431. The Kier molecular flexibility index (Phi) is 5.81. The number of carbonyl (C=O) groups excluding carboxylic acids is 1. The summed E-state index contributed by atoms with van der Waals surface area (Å²) in [4.78, 5) is 21.8. The summed E-state index contributed by atoms with van der Waals surface area (Å²) in [6.45, 7) is 1.75. The fourth-order valence-corrected chi connectivity index (χ4v) is 1.50. The minimum Gasteiger partial charge on any atom is -0.479 e. The number of benzene rings is 1. The van der Waals surface area contributed by atoms with Gasteiger partial charge >= 0.3 is 12.0 Å². The maximum absolute atomic E-state index is 11.4. The zero-order valence-electron chi connectivity index (χ0n) is 10.7. The number of amides is 2. The molecule has 19 heavy (non-hydrogen) atoms. The second kappa shape index (κ2) is 7.38. The van der Waals surface area contributed by atoms with E-state index in [1.165, 1.54) is 5.56 Å². The van der Waals surface area contributed by atoms with E-state index < -0.39 is 18.1 Å². The monoisotopic (exact) mass is 266 g/mol. The van der Waals surface area contributed by atoms with Crippen LogP contribution in [0, 0.1) is 0 Å². The number of carboxylic acids is 1. The van der Waals surface area contributed by atoms with Crippen molar-refractivity contribution in [1.29, 1.82) is 0 Å². The van der Waals surface area contributed by atoms with Crippen LogP contribution in [0.5, 0.6) is 0 Å². The first-order valence-electron chi connectivity index (χ1n) is 6.07. The highest BCUT2D eigenvalue weighted by atomic mass is 16.4. The predicted octanol–water partition coefficient (Wildman–Crippen LogP) is 1.21. The van der Waals surface area contributed by atoms with Crippen LogP contribution in [0.25, 0.3) is 0 Å². The molecular formula is C13H18N2O4. The number of nitrogens with one attached hydrogen (secondary N) is 2. The number of aryl methyl sites for hydroxylation is 1. The van der Waals surface area contributed by atoms with Gasteiger partial charge in [-0.1, -0.05) is 25.5 Å². The van der Waals surface area contributed by atoms with Gasteiger partial charge < -0.3 is 20.8 Å². The molecule has 0 heterocycles. The van der Waals surface area contributed by atoms with Gasteiger partial charge in [0.2, 0.25) is 0 Å². The van der Waals surface area contributed by atoms with Crippen molar-refractivity contribution in [1.82, 2.24) is 5.32 Å². The van der Waals surface area contributed by atoms with Gasteiger partial charge in [0.05, 0.1) is 6.54 Å². The number of hydrogen-bond donors (Lipinski definition) is 4. The van der Waals surface area contributed by atoms with Crippen molar-refractivity contribution in [3.63, 3.8) is 0 Å². The van der Waals surface area contributed by atoms with Crippen LogP contribution in [0.3, 0.4) is 0 Å². The molecule has 0 aliphatic heterocycles. The van der Waals surface area contributed by atoms with E-state index in [0.29, 0.717) is 5.69 Å². The van der Waals surface area contributed by atoms with Crippen molar-refractivity contribution < 1.29 is 19.8 Å². The molecule has 0 aliphatic carbocycles. The van der Waals surface area contributed by atoms with Gasteiger partial charge in [-0.2, -0.15) is 0 Å². The second-order valence-electron chi connectivity index (χ2n) is 4.14. The van der Waals surface area contributed by atoms with Crippen LogP contribution in [0.15, 0.2) is 24.3 Å². The Morgan fingerprint density at radius 2 is 1.89 bits per heavy atom. The standard InChI is InChI=1S/C13H18N2O4/c1-2-3-9-4-6-10(7-5-9)15-13(19)14-8-11(16)12(17)18/h4-7,11,16H,2-3,8H2,1H3,(H,17,18)(H2,14,15,19). The zero-order valence-corrected chi connectivity index (χ0v) is 10.7. The summed E-state index contributed by atoms with van der Waals surface area (Å²) in [5.74, 6) is -1.37.